The fraction of sp³-hybridized carbons (Fsp3) is 0.667. The predicted octanol–water partition coefficient (Wildman–Crippen LogP) is 1.33. The van der Waals surface area contributed by atoms with Crippen molar-refractivity contribution in [2.45, 2.75) is 33.7 Å². The molecule has 0 aliphatic carbocycles. The van der Waals surface area contributed by atoms with E-state index in [1.807, 2.05) is 27.7 Å². The maximum absolute atomic E-state index is 12.0. The third-order valence-corrected chi connectivity index (χ3v) is 3.13. The number of nitrogens with one attached hydrogen (secondary N) is 1. The molecular weight excluding hydrogens is 288 g/mol. The molecule has 0 aromatic heterocycles. The first-order valence-electron chi connectivity index (χ1n) is 7.33. The van der Waals surface area contributed by atoms with Crippen molar-refractivity contribution in [3.8, 4) is 0 Å². The van der Waals surface area contributed by atoms with Crippen LogP contribution in [0.2, 0.25) is 0 Å². The zero-order valence-electron chi connectivity index (χ0n) is 13.9. The highest BCUT2D eigenvalue weighted by Gasteiger charge is 2.20. The zero-order chi connectivity index (χ0) is 17.1. The van der Waals surface area contributed by atoms with Crippen LogP contribution in [0.25, 0.3) is 0 Å². The van der Waals surface area contributed by atoms with Crippen molar-refractivity contribution in [2.75, 3.05) is 26.8 Å². The van der Waals surface area contributed by atoms with E-state index in [1.54, 1.807) is 4.90 Å². The average molecular weight is 314 g/mol. The quantitative estimate of drug-likeness (QED) is 0.540. The van der Waals surface area contributed by atoms with Crippen LogP contribution in [0, 0.1) is 5.92 Å². The maximum atomic E-state index is 12.0. The van der Waals surface area contributed by atoms with Gasteiger partial charge in [0.25, 0.3) is 0 Å². The summed E-state index contributed by atoms with van der Waals surface area (Å²) in [5, 5.41) is 2.84. The summed E-state index contributed by atoms with van der Waals surface area (Å²) in [7, 11) is 1.22. The van der Waals surface area contributed by atoms with Crippen molar-refractivity contribution in [1.29, 1.82) is 0 Å². The lowest BCUT2D eigenvalue weighted by Gasteiger charge is -2.26. The van der Waals surface area contributed by atoms with Crippen LogP contribution < -0.4 is 5.32 Å². The maximum Gasteiger partial charge on any atom is 0.331 e. The minimum atomic E-state index is -0.659. The molecule has 0 rings (SSSR count). The van der Waals surface area contributed by atoms with E-state index in [2.05, 4.69) is 10.1 Å². The van der Waals surface area contributed by atoms with Crippen molar-refractivity contribution in [1.82, 2.24) is 10.2 Å². The molecule has 1 N–H and O–H groups in total. The van der Waals surface area contributed by atoms with Gasteiger partial charge in [-0.2, -0.15) is 0 Å². The number of rotatable bonds is 8. The summed E-state index contributed by atoms with van der Waals surface area (Å²) >= 11 is 0. The zero-order valence-corrected chi connectivity index (χ0v) is 13.9. The number of hydrogen-bond donors (Lipinski definition) is 1. The molecule has 7 heteroatoms. The van der Waals surface area contributed by atoms with Crippen molar-refractivity contribution < 1.29 is 23.9 Å². The first kappa shape index (κ1) is 19.9. The summed E-state index contributed by atoms with van der Waals surface area (Å²) in [6, 6.07) is -0.492. The molecule has 0 radical (unpaired) electrons. The van der Waals surface area contributed by atoms with Gasteiger partial charge in [0.15, 0.2) is 0 Å². The predicted molar refractivity (Wildman–Crippen MR) is 82.2 cm³/mol. The highest BCUT2D eigenvalue weighted by Crippen LogP contribution is 2.04. The molecule has 7 nitrogen and oxygen atoms in total. The number of carbonyl (C=O) groups is 3. The summed E-state index contributed by atoms with van der Waals surface area (Å²) in [4.78, 5) is 36.0. The number of hydrogen-bond acceptors (Lipinski definition) is 5. The highest BCUT2D eigenvalue weighted by molar-refractivity contribution is 5.91. The van der Waals surface area contributed by atoms with E-state index in [4.69, 9.17) is 4.74 Å². The van der Waals surface area contributed by atoms with Crippen LogP contribution in [0.15, 0.2) is 12.2 Å². The Kier molecular flexibility index (Phi) is 9.65. The molecule has 0 aliphatic rings. The molecule has 0 saturated carbocycles. The van der Waals surface area contributed by atoms with Gasteiger partial charge in [-0.15, -0.1) is 0 Å². The molecule has 0 saturated heterocycles. The molecule has 2 amide bonds. The largest absolute Gasteiger partial charge is 0.466 e. The Hall–Kier alpha value is -2.05. The van der Waals surface area contributed by atoms with Gasteiger partial charge in [0.1, 0.15) is 6.61 Å². The molecule has 22 heavy (non-hydrogen) atoms. The molecule has 0 bridgehead atoms. The second-order valence-corrected chi connectivity index (χ2v) is 4.96. The van der Waals surface area contributed by atoms with Gasteiger partial charge in [-0.1, -0.05) is 13.8 Å². The number of nitrogens with zero attached hydrogens (tertiary/aromatic N) is 1. The van der Waals surface area contributed by atoms with E-state index in [1.165, 1.54) is 7.11 Å². The molecule has 1 atom stereocenters. The van der Waals surface area contributed by atoms with Gasteiger partial charge in [0.2, 0.25) is 0 Å². The minimum absolute atomic E-state index is 0.0367. The second kappa shape index (κ2) is 10.6. The molecule has 0 unspecified atom stereocenters. The number of amides is 2. The Morgan fingerprint density at radius 1 is 1.09 bits per heavy atom. The number of methoxy groups -OCH3 is 1. The monoisotopic (exact) mass is 314 g/mol. The normalized spacial score (nSPS) is 12.1. The van der Waals surface area contributed by atoms with Gasteiger partial charge in [-0.05, 0) is 19.8 Å². The Bertz CT molecular complexity index is 403. The Balaban J connectivity index is 4.48. The van der Waals surface area contributed by atoms with Crippen LogP contribution in [0.4, 0.5) is 4.79 Å². The van der Waals surface area contributed by atoms with Crippen LogP contribution in [0.5, 0.6) is 0 Å². The van der Waals surface area contributed by atoms with Gasteiger partial charge in [-0.25, -0.2) is 14.4 Å². The van der Waals surface area contributed by atoms with Gasteiger partial charge >= 0.3 is 18.0 Å². The third kappa shape index (κ3) is 7.66. The second-order valence-electron chi connectivity index (χ2n) is 4.96. The van der Waals surface area contributed by atoms with Crippen LogP contribution in [0.1, 0.15) is 27.7 Å². The van der Waals surface area contributed by atoms with E-state index in [9.17, 15) is 14.4 Å². The summed E-state index contributed by atoms with van der Waals surface area (Å²) in [5.41, 5.74) is 0. The summed E-state index contributed by atoms with van der Waals surface area (Å²) in [6.07, 6.45) is 1.98. The smallest absolute Gasteiger partial charge is 0.331 e. The topological polar surface area (TPSA) is 84.9 Å². The van der Waals surface area contributed by atoms with Gasteiger partial charge in [-0.3, -0.25) is 0 Å². The lowest BCUT2D eigenvalue weighted by molar-refractivity contribution is -0.140. The SMILES string of the molecule is CCN(CC)C(=O)N[C@H](COC(=O)/C=C/C(=O)OC)C(C)C. The number of ether oxygens (including phenoxy) is 2. The summed E-state index contributed by atoms with van der Waals surface area (Å²) in [6.45, 7) is 8.88. The van der Waals surface area contributed by atoms with Crippen molar-refractivity contribution >= 4 is 18.0 Å². The average Bonchev–Trinajstić information content (AvgIpc) is 2.49. The van der Waals surface area contributed by atoms with Crippen LogP contribution in [0.3, 0.4) is 0 Å². The lowest BCUT2D eigenvalue weighted by atomic mass is 10.1. The lowest BCUT2D eigenvalue weighted by Crippen LogP contribution is -2.48. The van der Waals surface area contributed by atoms with Crippen molar-refractivity contribution in [2.24, 2.45) is 5.92 Å². The molecule has 0 aliphatic heterocycles. The third-order valence-electron chi connectivity index (χ3n) is 3.13. The molecule has 126 valence electrons. The first-order valence-corrected chi connectivity index (χ1v) is 7.33. The molecule has 0 aromatic carbocycles. The fourth-order valence-electron chi connectivity index (χ4n) is 1.59. The van der Waals surface area contributed by atoms with E-state index < -0.39 is 11.9 Å². The molecular formula is C15H26N2O5. The number of urea groups is 1. The molecule has 0 spiro atoms. The van der Waals surface area contributed by atoms with Crippen molar-refractivity contribution in [3.05, 3.63) is 12.2 Å². The van der Waals surface area contributed by atoms with Crippen molar-refractivity contribution in [3.63, 3.8) is 0 Å². The summed E-state index contributed by atoms with van der Waals surface area (Å²) in [5.74, 6) is -1.20. The van der Waals surface area contributed by atoms with Crippen LogP contribution in [-0.2, 0) is 19.1 Å². The number of esters is 2. The first-order chi connectivity index (χ1) is 10.3. The fourth-order valence-corrected chi connectivity index (χ4v) is 1.59. The van der Waals surface area contributed by atoms with Gasteiger partial charge in [0, 0.05) is 25.2 Å². The molecule has 0 aromatic rings. The van der Waals surface area contributed by atoms with E-state index in [0.717, 1.165) is 12.2 Å². The van der Waals surface area contributed by atoms with E-state index in [-0.39, 0.29) is 24.6 Å². The molecule has 0 heterocycles. The van der Waals surface area contributed by atoms with E-state index in [0.29, 0.717) is 13.1 Å². The van der Waals surface area contributed by atoms with Crippen LogP contribution in [-0.4, -0.2) is 55.7 Å². The standard InChI is InChI=1S/C15H26N2O5/c1-6-17(7-2)15(20)16-12(11(3)4)10-22-14(19)9-8-13(18)21-5/h8-9,11-12H,6-7,10H2,1-5H3,(H,16,20)/b9-8+/t12-/m1/s1. The Morgan fingerprint density at radius 2 is 1.64 bits per heavy atom. The highest BCUT2D eigenvalue weighted by atomic mass is 16.5. The Labute approximate surface area is 131 Å². The van der Waals surface area contributed by atoms with Gasteiger partial charge in [0.05, 0.1) is 13.2 Å². The van der Waals surface area contributed by atoms with Crippen LogP contribution >= 0.6 is 0 Å². The van der Waals surface area contributed by atoms with E-state index >= 15 is 0 Å². The molecule has 0 fully saturated rings. The minimum Gasteiger partial charge on any atom is -0.466 e. The summed E-state index contributed by atoms with van der Waals surface area (Å²) < 4.78 is 9.41. The number of carbonyl (C=O) groups excluding carboxylic acids is 3. The Morgan fingerprint density at radius 3 is 2.09 bits per heavy atom. The van der Waals surface area contributed by atoms with Gasteiger partial charge < -0.3 is 19.7 Å².